The Morgan fingerprint density at radius 2 is 1.83 bits per heavy atom. The minimum absolute atomic E-state index is 0.0126. The zero-order valence-electron chi connectivity index (χ0n) is 12.8. The molecular formula is C18H20ClFN2O. The molecule has 0 heterocycles. The van der Waals surface area contributed by atoms with Crippen molar-refractivity contribution in [2.24, 2.45) is 0 Å². The second-order valence-electron chi connectivity index (χ2n) is 5.28. The van der Waals surface area contributed by atoms with Gasteiger partial charge >= 0.3 is 0 Å². The topological polar surface area (TPSA) is 41.1 Å². The lowest BCUT2D eigenvalue weighted by Crippen LogP contribution is -2.29. The van der Waals surface area contributed by atoms with Crippen molar-refractivity contribution >= 4 is 17.5 Å². The Balaban J connectivity index is 1.57. The molecule has 5 heteroatoms. The van der Waals surface area contributed by atoms with Gasteiger partial charge in [-0.05, 0) is 41.8 Å². The summed E-state index contributed by atoms with van der Waals surface area (Å²) in [5.74, 6) is -0.230. The van der Waals surface area contributed by atoms with Crippen molar-refractivity contribution in [3.8, 4) is 0 Å². The highest BCUT2D eigenvalue weighted by molar-refractivity contribution is 6.30. The molecule has 0 aliphatic heterocycles. The van der Waals surface area contributed by atoms with Gasteiger partial charge in [-0.1, -0.05) is 35.9 Å². The van der Waals surface area contributed by atoms with Crippen molar-refractivity contribution in [2.75, 3.05) is 13.1 Å². The molecule has 0 spiro atoms. The summed E-state index contributed by atoms with van der Waals surface area (Å²) < 4.78 is 12.8. The number of hydrogen-bond donors (Lipinski definition) is 2. The molecule has 0 saturated carbocycles. The summed E-state index contributed by atoms with van der Waals surface area (Å²) in [6, 6.07) is 13.9. The number of halogens is 2. The largest absolute Gasteiger partial charge is 0.356 e. The molecule has 0 aromatic heterocycles. The van der Waals surface area contributed by atoms with Gasteiger partial charge in [-0.15, -0.1) is 0 Å². The van der Waals surface area contributed by atoms with Crippen LogP contribution in [0.1, 0.15) is 17.5 Å². The van der Waals surface area contributed by atoms with Crippen LogP contribution >= 0.6 is 11.6 Å². The minimum atomic E-state index is -0.243. The van der Waals surface area contributed by atoms with E-state index in [0.717, 1.165) is 17.5 Å². The van der Waals surface area contributed by atoms with E-state index in [0.29, 0.717) is 31.1 Å². The second-order valence-corrected chi connectivity index (χ2v) is 5.72. The zero-order chi connectivity index (χ0) is 16.5. The van der Waals surface area contributed by atoms with Gasteiger partial charge in [0.1, 0.15) is 5.82 Å². The van der Waals surface area contributed by atoms with Gasteiger partial charge in [0, 0.05) is 31.1 Å². The predicted molar refractivity (Wildman–Crippen MR) is 90.9 cm³/mol. The molecule has 2 rings (SSSR count). The average molecular weight is 335 g/mol. The molecule has 0 radical (unpaired) electrons. The fourth-order valence-corrected chi connectivity index (χ4v) is 2.38. The van der Waals surface area contributed by atoms with E-state index in [1.54, 1.807) is 12.1 Å². The van der Waals surface area contributed by atoms with Crippen LogP contribution in [0.5, 0.6) is 0 Å². The van der Waals surface area contributed by atoms with Crippen molar-refractivity contribution in [2.45, 2.75) is 19.4 Å². The SMILES string of the molecule is O=C(CCNCc1ccc(F)cc1)NCCc1cccc(Cl)c1. The van der Waals surface area contributed by atoms with E-state index in [1.807, 2.05) is 24.3 Å². The molecule has 2 N–H and O–H groups in total. The first-order chi connectivity index (χ1) is 11.1. The van der Waals surface area contributed by atoms with Gasteiger partial charge in [-0.25, -0.2) is 4.39 Å². The summed E-state index contributed by atoms with van der Waals surface area (Å²) in [5, 5.41) is 6.76. The quantitative estimate of drug-likeness (QED) is 0.727. The van der Waals surface area contributed by atoms with Crippen LogP contribution in [0.2, 0.25) is 5.02 Å². The third-order valence-corrected chi connectivity index (χ3v) is 3.63. The van der Waals surface area contributed by atoms with Crippen molar-refractivity contribution in [3.05, 3.63) is 70.5 Å². The number of amides is 1. The maximum atomic E-state index is 12.8. The number of carbonyl (C=O) groups excluding carboxylic acids is 1. The number of carbonyl (C=O) groups is 1. The molecule has 0 fully saturated rings. The van der Waals surface area contributed by atoms with Gasteiger partial charge < -0.3 is 10.6 Å². The molecule has 2 aromatic carbocycles. The Labute approximate surface area is 140 Å². The maximum Gasteiger partial charge on any atom is 0.221 e. The molecule has 0 aliphatic rings. The third-order valence-electron chi connectivity index (χ3n) is 3.40. The van der Waals surface area contributed by atoms with Crippen LogP contribution in [-0.4, -0.2) is 19.0 Å². The van der Waals surface area contributed by atoms with Gasteiger partial charge in [0.05, 0.1) is 0 Å². The van der Waals surface area contributed by atoms with E-state index < -0.39 is 0 Å². The molecular weight excluding hydrogens is 315 g/mol. The Kier molecular flexibility index (Phi) is 7.04. The predicted octanol–water partition coefficient (Wildman–Crippen LogP) is 3.32. The molecule has 0 saturated heterocycles. The Morgan fingerprint density at radius 1 is 1.04 bits per heavy atom. The third kappa shape index (κ3) is 6.80. The van der Waals surface area contributed by atoms with E-state index in [-0.39, 0.29) is 11.7 Å². The molecule has 0 atom stereocenters. The highest BCUT2D eigenvalue weighted by Gasteiger charge is 2.01. The molecule has 3 nitrogen and oxygen atoms in total. The second kappa shape index (κ2) is 9.28. The van der Waals surface area contributed by atoms with Gasteiger partial charge in [0.25, 0.3) is 0 Å². The summed E-state index contributed by atoms with van der Waals surface area (Å²) in [7, 11) is 0. The smallest absolute Gasteiger partial charge is 0.221 e. The summed E-state index contributed by atoms with van der Waals surface area (Å²) in [4.78, 5) is 11.7. The lowest BCUT2D eigenvalue weighted by atomic mass is 10.1. The fraction of sp³-hybridized carbons (Fsp3) is 0.278. The number of hydrogen-bond acceptors (Lipinski definition) is 2. The number of benzene rings is 2. The Hall–Kier alpha value is -1.91. The van der Waals surface area contributed by atoms with E-state index >= 15 is 0 Å². The Bertz CT molecular complexity index is 631. The molecule has 0 aliphatic carbocycles. The van der Waals surface area contributed by atoms with E-state index in [2.05, 4.69) is 10.6 Å². The molecule has 2 aromatic rings. The summed E-state index contributed by atoms with van der Waals surface area (Å²) in [6.07, 6.45) is 1.17. The number of nitrogens with one attached hydrogen (secondary N) is 2. The van der Waals surface area contributed by atoms with Crippen LogP contribution in [0.3, 0.4) is 0 Å². The first kappa shape index (κ1) is 17.4. The van der Waals surface area contributed by atoms with Gasteiger partial charge in [-0.2, -0.15) is 0 Å². The zero-order valence-corrected chi connectivity index (χ0v) is 13.6. The fourth-order valence-electron chi connectivity index (χ4n) is 2.16. The van der Waals surface area contributed by atoms with Crippen LogP contribution in [0, 0.1) is 5.82 Å². The van der Waals surface area contributed by atoms with E-state index in [1.165, 1.54) is 12.1 Å². The van der Waals surface area contributed by atoms with Crippen LogP contribution in [0.15, 0.2) is 48.5 Å². The number of rotatable bonds is 8. The van der Waals surface area contributed by atoms with Crippen LogP contribution in [0.25, 0.3) is 0 Å². The molecule has 1 amide bonds. The lowest BCUT2D eigenvalue weighted by molar-refractivity contribution is -0.120. The first-order valence-corrected chi connectivity index (χ1v) is 7.97. The van der Waals surface area contributed by atoms with Crippen molar-refractivity contribution in [1.29, 1.82) is 0 Å². The normalized spacial score (nSPS) is 10.5. The summed E-state index contributed by atoms with van der Waals surface area (Å²) >= 11 is 5.91. The van der Waals surface area contributed by atoms with Crippen LogP contribution < -0.4 is 10.6 Å². The first-order valence-electron chi connectivity index (χ1n) is 7.60. The minimum Gasteiger partial charge on any atom is -0.356 e. The van der Waals surface area contributed by atoms with Crippen LogP contribution in [0.4, 0.5) is 4.39 Å². The van der Waals surface area contributed by atoms with Crippen molar-refractivity contribution < 1.29 is 9.18 Å². The highest BCUT2D eigenvalue weighted by atomic mass is 35.5. The summed E-state index contributed by atoms with van der Waals surface area (Å²) in [6.45, 7) is 1.80. The monoisotopic (exact) mass is 334 g/mol. The lowest BCUT2D eigenvalue weighted by Gasteiger charge is -2.07. The van der Waals surface area contributed by atoms with Gasteiger partial charge in [-0.3, -0.25) is 4.79 Å². The van der Waals surface area contributed by atoms with Crippen molar-refractivity contribution in [1.82, 2.24) is 10.6 Å². The molecule has 23 heavy (non-hydrogen) atoms. The molecule has 122 valence electrons. The maximum absolute atomic E-state index is 12.8. The highest BCUT2D eigenvalue weighted by Crippen LogP contribution is 2.10. The van der Waals surface area contributed by atoms with Gasteiger partial charge in [0.15, 0.2) is 0 Å². The van der Waals surface area contributed by atoms with E-state index in [9.17, 15) is 9.18 Å². The van der Waals surface area contributed by atoms with E-state index in [4.69, 9.17) is 11.6 Å². The van der Waals surface area contributed by atoms with Crippen LogP contribution in [-0.2, 0) is 17.8 Å². The molecule has 0 unspecified atom stereocenters. The standard InChI is InChI=1S/C18H20ClFN2O/c19-16-3-1-2-14(12-16)8-11-22-18(23)9-10-21-13-15-4-6-17(20)7-5-15/h1-7,12,21H,8-11,13H2,(H,22,23). The summed E-state index contributed by atoms with van der Waals surface area (Å²) in [5.41, 5.74) is 2.10. The van der Waals surface area contributed by atoms with Gasteiger partial charge in [0.2, 0.25) is 5.91 Å². The Morgan fingerprint density at radius 3 is 2.57 bits per heavy atom. The molecule has 0 bridgehead atoms. The average Bonchev–Trinajstić information content (AvgIpc) is 2.53. The van der Waals surface area contributed by atoms with Crippen molar-refractivity contribution in [3.63, 3.8) is 0 Å².